The molecule has 0 aromatic rings. The van der Waals surface area contributed by atoms with E-state index in [1.807, 2.05) is 0 Å². The lowest BCUT2D eigenvalue weighted by atomic mass is 9.98. The van der Waals surface area contributed by atoms with E-state index in [0.29, 0.717) is 13.1 Å². The normalized spacial score (nSPS) is 23.7. The molecule has 4 heteroatoms. The maximum absolute atomic E-state index is 11.6. The zero-order valence-corrected chi connectivity index (χ0v) is 9.02. The summed E-state index contributed by atoms with van der Waals surface area (Å²) in [6.45, 7) is 1.48. The molecular weight excluding hydrogens is 194 g/mol. The number of carbonyl (C=O) groups excluding carboxylic acids is 1. The Balaban J connectivity index is 1.68. The maximum Gasteiger partial charge on any atom is 0.410 e. The van der Waals surface area contributed by atoms with Crippen LogP contribution in [0, 0.1) is 5.92 Å². The Kier molecular flexibility index (Phi) is 3.46. The number of amides is 1. The molecule has 86 valence electrons. The first-order chi connectivity index (χ1) is 7.29. The van der Waals surface area contributed by atoms with Crippen LogP contribution in [0.25, 0.3) is 0 Å². The molecule has 0 spiro atoms. The molecule has 1 saturated carbocycles. The summed E-state index contributed by atoms with van der Waals surface area (Å²) in [5.41, 5.74) is 0. The minimum absolute atomic E-state index is 0.138. The summed E-state index contributed by atoms with van der Waals surface area (Å²) in [6.07, 6.45) is 5.61. The number of aliphatic hydroxyl groups excluding tert-OH is 1. The van der Waals surface area contributed by atoms with Crippen LogP contribution in [0.5, 0.6) is 0 Å². The van der Waals surface area contributed by atoms with Gasteiger partial charge in [-0.15, -0.1) is 0 Å². The first kappa shape index (κ1) is 10.7. The number of aliphatic hydroxyl groups is 1. The van der Waals surface area contributed by atoms with Crippen LogP contribution in [-0.2, 0) is 4.74 Å². The van der Waals surface area contributed by atoms with Crippen LogP contribution in [0.4, 0.5) is 4.79 Å². The molecule has 1 N–H and O–H groups in total. The van der Waals surface area contributed by atoms with Gasteiger partial charge in [-0.05, 0) is 25.7 Å². The third-order valence-electron chi connectivity index (χ3n) is 3.29. The van der Waals surface area contributed by atoms with E-state index in [0.717, 1.165) is 12.8 Å². The van der Waals surface area contributed by atoms with Crippen LogP contribution in [-0.4, -0.2) is 41.9 Å². The number of ether oxygens (including phenoxy) is 1. The summed E-state index contributed by atoms with van der Waals surface area (Å²) in [6, 6.07) is 0. The van der Waals surface area contributed by atoms with E-state index in [4.69, 9.17) is 9.84 Å². The molecule has 0 atom stereocenters. The van der Waals surface area contributed by atoms with Crippen LogP contribution in [0.2, 0.25) is 0 Å². The molecule has 1 saturated heterocycles. The van der Waals surface area contributed by atoms with Crippen molar-refractivity contribution in [1.29, 1.82) is 0 Å². The van der Waals surface area contributed by atoms with Gasteiger partial charge in [0.1, 0.15) is 6.10 Å². The number of hydrogen-bond donors (Lipinski definition) is 1. The highest BCUT2D eigenvalue weighted by Gasteiger charge is 2.32. The van der Waals surface area contributed by atoms with E-state index in [1.54, 1.807) is 4.90 Å². The van der Waals surface area contributed by atoms with Crippen molar-refractivity contribution in [2.45, 2.75) is 38.2 Å². The van der Waals surface area contributed by atoms with E-state index in [9.17, 15) is 4.79 Å². The van der Waals surface area contributed by atoms with Crippen molar-refractivity contribution in [1.82, 2.24) is 4.90 Å². The first-order valence-electron chi connectivity index (χ1n) is 5.86. The highest BCUT2D eigenvalue weighted by Crippen LogP contribution is 2.23. The minimum atomic E-state index is -0.188. The molecule has 2 fully saturated rings. The van der Waals surface area contributed by atoms with Gasteiger partial charge in [-0.25, -0.2) is 4.79 Å². The molecule has 4 nitrogen and oxygen atoms in total. The monoisotopic (exact) mass is 213 g/mol. The van der Waals surface area contributed by atoms with Crippen LogP contribution in [0.3, 0.4) is 0 Å². The van der Waals surface area contributed by atoms with E-state index >= 15 is 0 Å². The smallest absolute Gasteiger partial charge is 0.410 e. The summed E-state index contributed by atoms with van der Waals surface area (Å²) in [4.78, 5) is 13.3. The first-order valence-corrected chi connectivity index (χ1v) is 5.86. The number of rotatable bonds is 2. The van der Waals surface area contributed by atoms with E-state index in [2.05, 4.69) is 0 Å². The molecule has 2 rings (SSSR count). The highest BCUT2D eigenvalue weighted by molar-refractivity contribution is 5.68. The molecule has 15 heavy (non-hydrogen) atoms. The minimum Gasteiger partial charge on any atom is -0.446 e. The van der Waals surface area contributed by atoms with Gasteiger partial charge in [-0.2, -0.15) is 0 Å². The quantitative estimate of drug-likeness (QED) is 0.754. The number of carbonyl (C=O) groups is 1. The van der Waals surface area contributed by atoms with E-state index in [-0.39, 0.29) is 24.7 Å². The fourth-order valence-electron chi connectivity index (χ4n) is 2.23. The van der Waals surface area contributed by atoms with Crippen molar-refractivity contribution in [3.63, 3.8) is 0 Å². The van der Waals surface area contributed by atoms with Crippen LogP contribution < -0.4 is 0 Å². The van der Waals surface area contributed by atoms with Gasteiger partial charge in [0.05, 0.1) is 0 Å². The fourth-order valence-corrected chi connectivity index (χ4v) is 2.23. The highest BCUT2D eigenvalue weighted by atomic mass is 16.6. The molecule has 0 aromatic heterocycles. The molecule has 0 bridgehead atoms. The molecule has 1 heterocycles. The average molecular weight is 213 g/mol. The number of nitrogens with zero attached hydrogens (tertiary/aromatic N) is 1. The topological polar surface area (TPSA) is 49.8 Å². The lowest BCUT2D eigenvalue weighted by molar-refractivity contribution is 0.00470. The standard InChI is InChI=1S/C11H19NO3/c13-8-9-6-12(7-9)11(14)15-10-4-2-1-3-5-10/h9-10,13H,1-8H2. The number of hydrogen-bond acceptors (Lipinski definition) is 3. The molecule has 2 aliphatic rings. The maximum atomic E-state index is 11.6. The van der Waals surface area contributed by atoms with Gasteiger partial charge in [-0.3, -0.25) is 0 Å². The van der Waals surface area contributed by atoms with Crippen molar-refractivity contribution in [3.8, 4) is 0 Å². The van der Waals surface area contributed by atoms with Crippen molar-refractivity contribution in [3.05, 3.63) is 0 Å². The summed E-state index contributed by atoms with van der Waals surface area (Å²) in [7, 11) is 0. The molecule has 1 amide bonds. The van der Waals surface area contributed by atoms with Crippen LogP contribution in [0.15, 0.2) is 0 Å². The molecular formula is C11H19NO3. The molecule has 0 aromatic carbocycles. The van der Waals surface area contributed by atoms with Gasteiger partial charge in [0, 0.05) is 25.6 Å². The van der Waals surface area contributed by atoms with Crippen molar-refractivity contribution in [2.75, 3.05) is 19.7 Å². The molecule has 1 aliphatic heterocycles. The van der Waals surface area contributed by atoms with Gasteiger partial charge in [-0.1, -0.05) is 6.42 Å². The Hall–Kier alpha value is -0.770. The third kappa shape index (κ3) is 2.62. The van der Waals surface area contributed by atoms with Crippen molar-refractivity contribution in [2.24, 2.45) is 5.92 Å². The summed E-state index contributed by atoms with van der Waals surface area (Å²) in [5.74, 6) is 0.268. The zero-order valence-electron chi connectivity index (χ0n) is 9.02. The van der Waals surface area contributed by atoms with Gasteiger partial charge in [0.25, 0.3) is 0 Å². The second kappa shape index (κ2) is 4.84. The van der Waals surface area contributed by atoms with Crippen LogP contribution >= 0.6 is 0 Å². The molecule has 0 unspecified atom stereocenters. The van der Waals surface area contributed by atoms with E-state index < -0.39 is 0 Å². The largest absolute Gasteiger partial charge is 0.446 e. The van der Waals surface area contributed by atoms with Crippen LogP contribution in [0.1, 0.15) is 32.1 Å². The fraction of sp³-hybridized carbons (Fsp3) is 0.909. The van der Waals surface area contributed by atoms with Gasteiger partial charge in [0.15, 0.2) is 0 Å². The predicted molar refractivity (Wildman–Crippen MR) is 55.5 cm³/mol. The SMILES string of the molecule is O=C(OC1CCCCC1)N1CC(CO)C1. The van der Waals surface area contributed by atoms with Crippen molar-refractivity contribution >= 4 is 6.09 Å². The van der Waals surface area contributed by atoms with Gasteiger partial charge < -0.3 is 14.7 Å². The second-order valence-corrected chi connectivity index (χ2v) is 4.60. The Morgan fingerprint density at radius 2 is 1.93 bits per heavy atom. The summed E-state index contributed by atoms with van der Waals surface area (Å²) < 4.78 is 5.39. The van der Waals surface area contributed by atoms with Gasteiger partial charge in [0.2, 0.25) is 0 Å². The summed E-state index contributed by atoms with van der Waals surface area (Å²) in [5, 5.41) is 8.83. The van der Waals surface area contributed by atoms with Crippen molar-refractivity contribution < 1.29 is 14.6 Å². The average Bonchev–Trinajstić information content (AvgIpc) is 2.17. The zero-order chi connectivity index (χ0) is 10.7. The number of likely N-dealkylation sites (tertiary alicyclic amines) is 1. The Labute approximate surface area is 90.2 Å². The van der Waals surface area contributed by atoms with E-state index in [1.165, 1.54) is 19.3 Å². The Morgan fingerprint density at radius 1 is 1.27 bits per heavy atom. The Bertz CT molecular complexity index is 220. The predicted octanol–water partition coefficient (Wildman–Crippen LogP) is 1.38. The van der Waals surface area contributed by atoms with Gasteiger partial charge >= 0.3 is 6.09 Å². The summed E-state index contributed by atoms with van der Waals surface area (Å²) >= 11 is 0. The lowest BCUT2D eigenvalue weighted by Crippen LogP contribution is -2.52. The molecule has 1 aliphatic carbocycles. The third-order valence-corrected chi connectivity index (χ3v) is 3.29. The lowest BCUT2D eigenvalue weighted by Gasteiger charge is -2.38. The molecule has 0 radical (unpaired) electrons. The second-order valence-electron chi connectivity index (χ2n) is 4.60. The Morgan fingerprint density at radius 3 is 2.53 bits per heavy atom.